The van der Waals surface area contributed by atoms with E-state index in [0.717, 1.165) is 0 Å². The summed E-state index contributed by atoms with van der Waals surface area (Å²) in [6, 6.07) is 12.8. The van der Waals surface area contributed by atoms with Crippen molar-refractivity contribution in [2.75, 3.05) is 6.61 Å². The van der Waals surface area contributed by atoms with Crippen LogP contribution >= 0.6 is 0 Å². The van der Waals surface area contributed by atoms with Gasteiger partial charge in [-0.2, -0.15) is 0 Å². The fourth-order valence-electron chi connectivity index (χ4n) is 2.19. The highest BCUT2D eigenvalue weighted by atomic mass is 16.6. The van der Waals surface area contributed by atoms with Gasteiger partial charge in [0.1, 0.15) is 16.8 Å². The average molecular weight is 356 g/mol. The van der Waals surface area contributed by atoms with Crippen molar-refractivity contribution in [3.8, 4) is 11.5 Å². The third-order valence-corrected chi connectivity index (χ3v) is 3.34. The molecule has 0 radical (unpaired) electrons. The van der Waals surface area contributed by atoms with Gasteiger partial charge in [-0.05, 0) is 31.2 Å². The third-order valence-electron chi connectivity index (χ3n) is 3.34. The van der Waals surface area contributed by atoms with Crippen molar-refractivity contribution in [2.24, 2.45) is 0 Å². The van der Waals surface area contributed by atoms with Gasteiger partial charge in [0.05, 0.1) is 11.5 Å². The summed E-state index contributed by atoms with van der Waals surface area (Å²) >= 11 is 0. The maximum absolute atomic E-state index is 10.6. The van der Waals surface area contributed by atoms with Gasteiger partial charge in [-0.3, -0.25) is 15.1 Å². The van der Waals surface area contributed by atoms with Gasteiger partial charge >= 0.3 is 11.7 Å². The second kappa shape index (κ2) is 8.43. The molecule has 3 rings (SSSR count). The SMILES string of the molecule is CCOc1ccccc1C(=O)O.O=[N+]([O-])c1ccc2cccnc2c1O. The Labute approximate surface area is 148 Å². The minimum Gasteiger partial charge on any atom is -0.501 e. The van der Waals surface area contributed by atoms with E-state index in [9.17, 15) is 20.0 Å². The van der Waals surface area contributed by atoms with Crippen molar-refractivity contribution in [3.05, 3.63) is 70.4 Å². The third kappa shape index (κ3) is 4.23. The number of nitrogens with zero attached hydrogens (tertiary/aromatic N) is 2. The van der Waals surface area contributed by atoms with E-state index in [4.69, 9.17) is 9.84 Å². The van der Waals surface area contributed by atoms with Crippen molar-refractivity contribution in [3.63, 3.8) is 0 Å². The number of aromatic hydroxyl groups is 1. The molecular weight excluding hydrogens is 340 g/mol. The first kappa shape index (κ1) is 18.7. The summed E-state index contributed by atoms with van der Waals surface area (Å²) in [7, 11) is 0. The Bertz CT molecular complexity index is 942. The molecular formula is C18H16N2O6. The molecule has 26 heavy (non-hydrogen) atoms. The summed E-state index contributed by atoms with van der Waals surface area (Å²) in [5.74, 6) is -0.917. The predicted octanol–water partition coefficient (Wildman–Crippen LogP) is 3.63. The molecule has 8 nitrogen and oxygen atoms in total. The number of carbonyl (C=O) groups is 1. The number of carboxylic acid groups (broad SMARTS) is 1. The quantitative estimate of drug-likeness (QED) is 0.540. The molecule has 0 unspecified atom stereocenters. The summed E-state index contributed by atoms with van der Waals surface area (Å²) in [5, 5.41) is 29.4. The summed E-state index contributed by atoms with van der Waals surface area (Å²) in [6.45, 7) is 2.29. The number of para-hydroxylation sites is 1. The summed E-state index contributed by atoms with van der Waals surface area (Å²) in [6.07, 6.45) is 1.48. The number of benzene rings is 2. The minimum atomic E-state index is -0.959. The summed E-state index contributed by atoms with van der Waals surface area (Å²) in [4.78, 5) is 24.3. The molecule has 0 bridgehead atoms. The molecule has 0 saturated carbocycles. The topological polar surface area (TPSA) is 123 Å². The van der Waals surface area contributed by atoms with Crippen LogP contribution in [0.3, 0.4) is 0 Å². The van der Waals surface area contributed by atoms with Crippen LogP contribution in [0.2, 0.25) is 0 Å². The van der Waals surface area contributed by atoms with Crippen LogP contribution < -0.4 is 4.74 Å². The van der Waals surface area contributed by atoms with Crippen LogP contribution in [-0.4, -0.2) is 32.7 Å². The molecule has 0 aliphatic heterocycles. The largest absolute Gasteiger partial charge is 0.501 e. The molecule has 0 aliphatic carbocycles. The van der Waals surface area contributed by atoms with E-state index >= 15 is 0 Å². The molecule has 2 N–H and O–H groups in total. The van der Waals surface area contributed by atoms with E-state index in [1.165, 1.54) is 18.3 Å². The molecule has 3 aromatic rings. The molecule has 8 heteroatoms. The van der Waals surface area contributed by atoms with Gasteiger partial charge in [0.25, 0.3) is 0 Å². The van der Waals surface area contributed by atoms with Crippen LogP contribution in [0.4, 0.5) is 5.69 Å². The first-order chi connectivity index (χ1) is 12.5. The van der Waals surface area contributed by atoms with Crippen molar-refractivity contribution in [1.82, 2.24) is 4.98 Å². The maximum Gasteiger partial charge on any atom is 0.339 e. The number of nitro groups is 1. The van der Waals surface area contributed by atoms with Crippen LogP contribution in [-0.2, 0) is 0 Å². The monoisotopic (exact) mass is 356 g/mol. The summed E-state index contributed by atoms with van der Waals surface area (Å²) in [5.41, 5.74) is 0.136. The number of ether oxygens (including phenoxy) is 1. The van der Waals surface area contributed by atoms with E-state index in [0.29, 0.717) is 17.7 Å². The van der Waals surface area contributed by atoms with E-state index in [1.807, 2.05) is 6.92 Å². The summed E-state index contributed by atoms with van der Waals surface area (Å²) < 4.78 is 5.12. The second-order valence-corrected chi connectivity index (χ2v) is 5.00. The molecule has 1 aromatic heterocycles. The highest BCUT2D eigenvalue weighted by molar-refractivity contribution is 5.90. The van der Waals surface area contributed by atoms with Crippen molar-refractivity contribution in [2.45, 2.75) is 6.92 Å². The van der Waals surface area contributed by atoms with Crippen LogP contribution in [0.1, 0.15) is 17.3 Å². The average Bonchev–Trinajstić information content (AvgIpc) is 2.63. The van der Waals surface area contributed by atoms with Crippen molar-refractivity contribution in [1.29, 1.82) is 0 Å². The molecule has 0 amide bonds. The zero-order valence-electron chi connectivity index (χ0n) is 13.8. The number of nitro benzene ring substituents is 1. The van der Waals surface area contributed by atoms with Crippen LogP contribution in [0, 0.1) is 10.1 Å². The number of carboxylic acids is 1. The normalized spacial score (nSPS) is 9.88. The van der Waals surface area contributed by atoms with Gasteiger partial charge in [0, 0.05) is 17.6 Å². The smallest absolute Gasteiger partial charge is 0.339 e. The Morgan fingerprint density at radius 3 is 2.58 bits per heavy atom. The number of phenolic OH excluding ortho intramolecular Hbond substituents is 1. The van der Waals surface area contributed by atoms with E-state index in [2.05, 4.69) is 4.98 Å². The van der Waals surface area contributed by atoms with Crippen LogP contribution in [0.25, 0.3) is 10.9 Å². The fraction of sp³-hybridized carbons (Fsp3) is 0.111. The molecule has 2 aromatic carbocycles. The number of aromatic carboxylic acids is 1. The Kier molecular flexibility index (Phi) is 6.05. The standard InChI is InChI=1S/C9H6N2O3.C9H10O3/c12-9-7(11(13)14)4-3-6-2-1-5-10-8(6)9;1-2-12-8-6-4-3-5-7(8)9(10)11/h1-5,12H;3-6H,2H2,1H3,(H,10,11). The van der Waals surface area contributed by atoms with E-state index in [-0.39, 0.29) is 22.5 Å². The number of phenols is 1. The highest BCUT2D eigenvalue weighted by Gasteiger charge is 2.16. The Balaban J connectivity index is 0.000000190. The molecule has 1 heterocycles. The number of aromatic nitrogens is 1. The van der Waals surface area contributed by atoms with Gasteiger partial charge < -0.3 is 14.9 Å². The first-order valence-electron chi connectivity index (χ1n) is 7.62. The van der Waals surface area contributed by atoms with Gasteiger partial charge in [-0.1, -0.05) is 18.2 Å². The van der Waals surface area contributed by atoms with Gasteiger partial charge in [0.15, 0.2) is 0 Å². The Hall–Kier alpha value is -3.68. The molecule has 0 fully saturated rings. The van der Waals surface area contributed by atoms with E-state index < -0.39 is 10.9 Å². The Morgan fingerprint density at radius 2 is 1.92 bits per heavy atom. The molecule has 0 aliphatic rings. The lowest BCUT2D eigenvalue weighted by Gasteiger charge is -2.05. The molecule has 0 saturated heterocycles. The van der Waals surface area contributed by atoms with E-state index in [1.54, 1.807) is 36.4 Å². The lowest BCUT2D eigenvalue weighted by molar-refractivity contribution is -0.385. The predicted molar refractivity (Wildman–Crippen MR) is 94.6 cm³/mol. The van der Waals surface area contributed by atoms with Crippen LogP contribution in [0.15, 0.2) is 54.7 Å². The fourth-order valence-corrected chi connectivity index (χ4v) is 2.19. The number of hydrogen-bond donors (Lipinski definition) is 2. The lowest BCUT2D eigenvalue weighted by atomic mass is 10.2. The maximum atomic E-state index is 10.6. The van der Waals surface area contributed by atoms with Crippen LogP contribution in [0.5, 0.6) is 11.5 Å². The molecule has 0 atom stereocenters. The zero-order chi connectivity index (χ0) is 19.1. The minimum absolute atomic E-state index is 0.208. The van der Waals surface area contributed by atoms with Crippen molar-refractivity contribution >= 4 is 22.6 Å². The van der Waals surface area contributed by atoms with Gasteiger partial charge in [0.2, 0.25) is 5.75 Å². The second-order valence-electron chi connectivity index (χ2n) is 5.00. The number of hydrogen-bond acceptors (Lipinski definition) is 6. The van der Waals surface area contributed by atoms with Crippen molar-refractivity contribution < 1.29 is 24.7 Å². The molecule has 0 spiro atoms. The number of fused-ring (bicyclic) bond motifs is 1. The Morgan fingerprint density at radius 1 is 1.19 bits per heavy atom. The van der Waals surface area contributed by atoms with Gasteiger partial charge in [-0.25, -0.2) is 4.79 Å². The zero-order valence-corrected chi connectivity index (χ0v) is 13.8. The van der Waals surface area contributed by atoms with Gasteiger partial charge in [-0.15, -0.1) is 0 Å². The lowest BCUT2D eigenvalue weighted by Crippen LogP contribution is -2.01. The molecule has 134 valence electrons. The number of pyridine rings is 1. The number of rotatable bonds is 4. The first-order valence-corrected chi connectivity index (χ1v) is 7.62. The highest BCUT2D eigenvalue weighted by Crippen LogP contribution is 2.32.